The summed E-state index contributed by atoms with van der Waals surface area (Å²) in [5.74, 6) is -1.12. The van der Waals surface area contributed by atoms with Crippen molar-refractivity contribution in [3.05, 3.63) is 35.4 Å². The van der Waals surface area contributed by atoms with E-state index in [-0.39, 0.29) is 11.3 Å². The molecule has 0 aliphatic heterocycles. The molecule has 0 saturated carbocycles. The van der Waals surface area contributed by atoms with Crippen LogP contribution in [0, 0.1) is 0 Å². The molecule has 0 fully saturated rings. The van der Waals surface area contributed by atoms with Crippen molar-refractivity contribution in [2.24, 2.45) is 0 Å². The molecule has 0 bridgehead atoms. The molecule has 0 saturated heterocycles. The molecule has 18 heavy (non-hydrogen) atoms. The second kappa shape index (κ2) is 5.97. The average molecular weight is 271 g/mol. The molecule has 0 aromatic heterocycles. The van der Waals surface area contributed by atoms with Gasteiger partial charge in [-0.25, -0.2) is 17.5 Å². The summed E-state index contributed by atoms with van der Waals surface area (Å²) in [4.78, 5) is 10.7. The first kappa shape index (κ1) is 14.7. The predicted molar refractivity (Wildman–Crippen MR) is 68.9 cm³/mol. The summed E-state index contributed by atoms with van der Waals surface area (Å²) in [5.41, 5.74) is 0.742. The third-order valence-electron chi connectivity index (χ3n) is 2.65. The van der Waals surface area contributed by atoms with Crippen LogP contribution in [0.2, 0.25) is 0 Å². The van der Waals surface area contributed by atoms with Crippen LogP contribution in [0.15, 0.2) is 24.3 Å². The van der Waals surface area contributed by atoms with Crippen molar-refractivity contribution in [1.82, 2.24) is 4.31 Å². The summed E-state index contributed by atoms with van der Waals surface area (Å²) in [6.45, 7) is 4.45. The quantitative estimate of drug-likeness (QED) is 0.852. The number of carboxylic acids is 1. The second-order valence-electron chi connectivity index (χ2n) is 3.84. The molecule has 100 valence electrons. The van der Waals surface area contributed by atoms with E-state index in [0.29, 0.717) is 18.7 Å². The van der Waals surface area contributed by atoms with E-state index in [1.54, 1.807) is 13.8 Å². The van der Waals surface area contributed by atoms with Gasteiger partial charge in [0.2, 0.25) is 10.0 Å². The van der Waals surface area contributed by atoms with Gasteiger partial charge in [0.05, 0.1) is 11.3 Å². The van der Waals surface area contributed by atoms with Crippen LogP contribution in [0.3, 0.4) is 0 Å². The largest absolute Gasteiger partial charge is 0.478 e. The van der Waals surface area contributed by atoms with Gasteiger partial charge in [-0.1, -0.05) is 26.0 Å². The predicted octanol–water partition coefficient (Wildman–Crippen LogP) is 1.56. The van der Waals surface area contributed by atoms with Gasteiger partial charge in [-0.2, -0.15) is 0 Å². The van der Waals surface area contributed by atoms with Gasteiger partial charge in [0.15, 0.2) is 0 Å². The topological polar surface area (TPSA) is 74.7 Å². The Balaban J connectivity index is 2.88. The van der Waals surface area contributed by atoms with Crippen LogP contribution in [0.1, 0.15) is 29.8 Å². The van der Waals surface area contributed by atoms with E-state index in [0.717, 1.165) is 0 Å². The maximum absolute atomic E-state index is 12.0. The Labute approximate surface area is 107 Å². The first-order valence-corrected chi connectivity index (χ1v) is 7.31. The highest BCUT2D eigenvalue weighted by Crippen LogP contribution is 2.12. The van der Waals surface area contributed by atoms with Crippen LogP contribution in [0.5, 0.6) is 0 Å². The molecule has 1 rings (SSSR count). The van der Waals surface area contributed by atoms with Crippen molar-refractivity contribution in [3.8, 4) is 0 Å². The third kappa shape index (κ3) is 3.54. The number of hydrogen-bond acceptors (Lipinski definition) is 3. The lowest BCUT2D eigenvalue weighted by molar-refractivity contribution is 0.0697. The number of sulfonamides is 1. The van der Waals surface area contributed by atoms with Gasteiger partial charge in [0.1, 0.15) is 0 Å². The smallest absolute Gasteiger partial charge is 0.335 e. The highest BCUT2D eigenvalue weighted by atomic mass is 32.2. The molecule has 6 heteroatoms. The van der Waals surface area contributed by atoms with Crippen LogP contribution < -0.4 is 0 Å². The molecule has 0 unspecified atom stereocenters. The van der Waals surface area contributed by atoms with Crippen molar-refractivity contribution >= 4 is 16.0 Å². The van der Waals surface area contributed by atoms with Gasteiger partial charge in [-0.3, -0.25) is 0 Å². The van der Waals surface area contributed by atoms with E-state index >= 15 is 0 Å². The summed E-state index contributed by atoms with van der Waals surface area (Å²) in [5, 5.41) is 8.75. The van der Waals surface area contributed by atoms with E-state index < -0.39 is 16.0 Å². The fourth-order valence-electron chi connectivity index (χ4n) is 1.66. The van der Waals surface area contributed by atoms with Crippen molar-refractivity contribution in [2.75, 3.05) is 13.1 Å². The molecule has 0 aliphatic carbocycles. The molecule has 0 heterocycles. The summed E-state index contributed by atoms with van der Waals surface area (Å²) in [7, 11) is -3.32. The van der Waals surface area contributed by atoms with Crippen LogP contribution in [0.4, 0.5) is 0 Å². The molecule has 0 spiro atoms. The van der Waals surface area contributed by atoms with E-state index in [4.69, 9.17) is 5.11 Å². The van der Waals surface area contributed by atoms with Gasteiger partial charge in [0.25, 0.3) is 0 Å². The Kier molecular flexibility index (Phi) is 4.86. The van der Waals surface area contributed by atoms with Crippen LogP contribution in [-0.4, -0.2) is 36.9 Å². The Bertz CT molecular complexity index is 503. The summed E-state index contributed by atoms with van der Waals surface area (Å²) in [6.07, 6.45) is 0. The molecule has 0 aliphatic rings. The summed E-state index contributed by atoms with van der Waals surface area (Å²) in [6, 6.07) is 5.89. The monoisotopic (exact) mass is 271 g/mol. The average Bonchev–Trinajstić information content (AvgIpc) is 2.30. The molecule has 1 aromatic rings. The van der Waals surface area contributed by atoms with Crippen molar-refractivity contribution in [3.63, 3.8) is 0 Å². The number of carboxylic acid groups (broad SMARTS) is 1. The Morgan fingerprint density at radius 1 is 1.17 bits per heavy atom. The molecule has 5 nitrogen and oxygen atoms in total. The first-order chi connectivity index (χ1) is 8.40. The van der Waals surface area contributed by atoms with Crippen LogP contribution >= 0.6 is 0 Å². The molecule has 0 radical (unpaired) electrons. The highest BCUT2D eigenvalue weighted by molar-refractivity contribution is 7.88. The minimum Gasteiger partial charge on any atom is -0.478 e. The maximum atomic E-state index is 12.0. The van der Waals surface area contributed by atoms with Gasteiger partial charge < -0.3 is 5.11 Å². The lowest BCUT2D eigenvalue weighted by Crippen LogP contribution is -2.31. The Hall–Kier alpha value is -1.40. The van der Waals surface area contributed by atoms with Gasteiger partial charge in [-0.05, 0) is 17.7 Å². The number of aromatic carboxylic acids is 1. The SMILES string of the molecule is CCN(CC)S(=O)(=O)Cc1ccc(C(=O)O)cc1. The fourth-order valence-corrected chi connectivity index (χ4v) is 3.25. The fraction of sp³-hybridized carbons (Fsp3) is 0.417. The minimum absolute atomic E-state index is 0.103. The second-order valence-corrected chi connectivity index (χ2v) is 5.81. The normalized spacial score (nSPS) is 11.7. The molecule has 1 aromatic carbocycles. The van der Waals surface area contributed by atoms with E-state index in [2.05, 4.69) is 0 Å². The number of hydrogen-bond donors (Lipinski definition) is 1. The van der Waals surface area contributed by atoms with E-state index in [9.17, 15) is 13.2 Å². The zero-order valence-electron chi connectivity index (χ0n) is 10.5. The lowest BCUT2D eigenvalue weighted by atomic mass is 10.1. The zero-order chi connectivity index (χ0) is 13.8. The summed E-state index contributed by atoms with van der Waals surface area (Å²) >= 11 is 0. The molecule has 0 atom stereocenters. The van der Waals surface area contributed by atoms with Crippen molar-refractivity contribution in [1.29, 1.82) is 0 Å². The molecular weight excluding hydrogens is 254 g/mol. The third-order valence-corrected chi connectivity index (χ3v) is 4.65. The standard InChI is InChI=1S/C12H17NO4S/c1-3-13(4-2)18(16,17)9-10-5-7-11(8-6-10)12(14)15/h5-8H,3-4,9H2,1-2H3,(H,14,15). The number of benzene rings is 1. The van der Waals surface area contributed by atoms with Crippen molar-refractivity contribution in [2.45, 2.75) is 19.6 Å². The molecular formula is C12H17NO4S. The van der Waals surface area contributed by atoms with E-state index in [1.807, 2.05) is 0 Å². The Morgan fingerprint density at radius 2 is 1.67 bits per heavy atom. The van der Waals surface area contributed by atoms with E-state index in [1.165, 1.54) is 28.6 Å². The van der Waals surface area contributed by atoms with Gasteiger partial charge in [0, 0.05) is 13.1 Å². The Morgan fingerprint density at radius 3 is 2.06 bits per heavy atom. The zero-order valence-corrected chi connectivity index (χ0v) is 11.3. The first-order valence-electron chi connectivity index (χ1n) is 5.70. The van der Waals surface area contributed by atoms with Gasteiger partial charge >= 0.3 is 5.97 Å². The van der Waals surface area contributed by atoms with Crippen molar-refractivity contribution < 1.29 is 18.3 Å². The van der Waals surface area contributed by atoms with Gasteiger partial charge in [-0.15, -0.1) is 0 Å². The van der Waals surface area contributed by atoms with Crippen LogP contribution in [-0.2, 0) is 15.8 Å². The molecule has 0 amide bonds. The minimum atomic E-state index is -3.32. The number of nitrogens with zero attached hydrogens (tertiary/aromatic N) is 1. The van der Waals surface area contributed by atoms with Crippen LogP contribution in [0.25, 0.3) is 0 Å². The maximum Gasteiger partial charge on any atom is 0.335 e. The molecule has 1 N–H and O–H groups in total. The number of rotatable bonds is 6. The summed E-state index contributed by atoms with van der Waals surface area (Å²) < 4.78 is 25.4. The lowest BCUT2D eigenvalue weighted by Gasteiger charge is -2.18. The number of carbonyl (C=O) groups is 1. The highest BCUT2D eigenvalue weighted by Gasteiger charge is 2.19.